The van der Waals surface area contributed by atoms with Gasteiger partial charge >= 0.3 is 6.11 Å². The lowest BCUT2D eigenvalue weighted by Gasteiger charge is -2.13. The number of alkyl halides is 2. The largest absolute Gasteiger partial charge is 0.433 e. The highest BCUT2D eigenvalue weighted by Gasteiger charge is 2.22. The van der Waals surface area contributed by atoms with Crippen LogP contribution in [0.3, 0.4) is 0 Å². The van der Waals surface area contributed by atoms with Gasteiger partial charge in [0.05, 0.1) is 0 Å². The van der Waals surface area contributed by atoms with E-state index in [1.54, 1.807) is 24.3 Å². The monoisotopic (exact) mass is 200 g/mol. The van der Waals surface area contributed by atoms with Crippen molar-refractivity contribution in [3.8, 4) is 5.75 Å². The summed E-state index contributed by atoms with van der Waals surface area (Å²) in [7, 11) is 0. The minimum Gasteiger partial charge on any atom is -0.433 e. The maximum absolute atomic E-state index is 12.4. The summed E-state index contributed by atoms with van der Waals surface area (Å²) in [5, 5.41) is 0. The Kier molecular flexibility index (Phi) is 3.09. The van der Waals surface area contributed by atoms with Gasteiger partial charge in [-0.05, 0) is 23.6 Å². The van der Waals surface area contributed by atoms with Crippen molar-refractivity contribution in [2.24, 2.45) is 0 Å². The van der Waals surface area contributed by atoms with Gasteiger partial charge in [-0.2, -0.15) is 8.78 Å². The molecule has 0 fully saturated rings. The van der Waals surface area contributed by atoms with E-state index >= 15 is 0 Å². The molecule has 0 aliphatic carbocycles. The van der Waals surface area contributed by atoms with E-state index in [4.69, 9.17) is 0 Å². The van der Waals surface area contributed by atoms with Gasteiger partial charge in [0.15, 0.2) is 0 Å². The van der Waals surface area contributed by atoms with Gasteiger partial charge in [-0.15, -0.1) is 0 Å². The fourth-order valence-electron chi connectivity index (χ4n) is 1.13. The van der Waals surface area contributed by atoms with Crippen molar-refractivity contribution in [1.29, 1.82) is 0 Å². The number of halogens is 2. The van der Waals surface area contributed by atoms with E-state index in [9.17, 15) is 8.78 Å². The Bertz CT molecular complexity index is 285. The molecule has 78 valence electrons. The molecule has 1 rings (SSSR count). The highest BCUT2D eigenvalue weighted by molar-refractivity contribution is 5.29. The third-order valence-electron chi connectivity index (χ3n) is 1.84. The van der Waals surface area contributed by atoms with Gasteiger partial charge in [0.1, 0.15) is 5.75 Å². The summed E-state index contributed by atoms with van der Waals surface area (Å²) in [5.74, 6) is 0.591. The van der Waals surface area contributed by atoms with E-state index in [0.717, 1.165) is 12.5 Å². The molecule has 0 unspecified atom stereocenters. The minimum atomic E-state index is -3.11. The molecular formula is C11H14F2O. The Morgan fingerprint density at radius 2 is 1.64 bits per heavy atom. The van der Waals surface area contributed by atoms with E-state index in [1.165, 1.54) is 0 Å². The molecule has 3 heteroatoms. The second-order valence-electron chi connectivity index (χ2n) is 3.63. The molecule has 0 spiro atoms. The van der Waals surface area contributed by atoms with Crippen molar-refractivity contribution in [3.63, 3.8) is 0 Å². The Morgan fingerprint density at radius 1 is 1.14 bits per heavy atom. The molecule has 14 heavy (non-hydrogen) atoms. The molecule has 1 aromatic rings. The molecule has 0 radical (unpaired) electrons. The average Bonchev–Trinajstić information content (AvgIpc) is 2.02. The van der Waals surface area contributed by atoms with Crippen LogP contribution < -0.4 is 4.74 Å². The first-order chi connectivity index (χ1) is 6.38. The molecule has 0 N–H and O–H groups in total. The highest BCUT2D eigenvalue weighted by atomic mass is 19.3. The van der Waals surface area contributed by atoms with Gasteiger partial charge in [-0.3, -0.25) is 0 Å². The molecule has 0 amide bonds. The molecule has 0 aliphatic heterocycles. The van der Waals surface area contributed by atoms with Crippen LogP contribution in [0.2, 0.25) is 0 Å². The van der Waals surface area contributed by atoms with Crippen LogP contribution in [0.25, 0.3) is 0 Å². The normalized spacial score (nSPS) is 11.9. The number of ether oxygens (including phenoxy) is 1. The molecule has 0 heterocycles. The van der Waals surface area contributed by atoms with Gasteiger partial charge in [0.2, 0.25) is 0 Å². The van der Waals surface area contributed by atoms with Gasteiger partial charge in [-0.25, -0.2) is 0 Å². The standard InChI is InChI=1S/C11H14F2O/c1-8(2)9-4-6-10(7-5-9)14-11(3,12)13/h4-8H,1-3H3. The van der Waals surface area contributed by atoms with E-state index in [1.807, 2.05) is 13.8 Å². The van der Waals surface area contributed by atoms with Crippen molar-refractivity contribution in [2.75, 3.05) is 0 Å². The number of rotatable bonds is 3. The van der Waals surface area contributed by atoms with E-state index < -0.39 is 6.11 Å². The first-order valence-electron chi connectivity index (χ1n) is 4.55. The Balaban J connectivity index is 2.74. The highest BCUT2D eigenvalue weighted by Crippen LogP contribution is 2.23. The van der Waals surface area contributed by atoms with Crippen LogP contribution >= 0.6 is 0 Å². The third kappa shape index (κ3) is 3.32. The lowest BCUT2D eigenvalue weighted by molar-refractivity contribution is -0.158. The van der Waals surface area contributed by atoms with Gasteiger partial charge in [-0.1, -0.05) is 26.0 Å². The molecule has 0 aromatic heterocycles. The number of hydrogen-bond acceptors (Lipinski definition) is 1. The Morgan fingerprint density at radius 3 is 2.00 bits per heavy atom. The predicted molar refractivity (Wildman–Crippen MR) is 51.8 cm³/mol. The molecule has 0 saturated carbocycles. The van der Waals surface area contributed by atoms with Crippen molar-refractivity contribution < 1.29 is 13.5 Å². The second-order valence-corrected chi connectivity index (χ2v) is 3.63. The average molecular weight is 200 g/mol. The topological polar surface area (TPSA) is 9.23 Å². The van der Waals surface area contributed by atoms with Crippen LogP contribution in [0, 0.1) is 0 Å². The van der Waals surface area contributed by atoms with Gasteiger partial charge in [0, 0.05) is 6.92 Å². The summed E-state index contributed by atoms with van der Waals surface area (Å²) < 4.78 is 29.3. The molecular weight excluding hydrogens is 186 g/mol. The molecule has 1 nitrogen and oxygen atoms in total. The van der Waals surface area contributed by atoms with Crippen LogP contribution in [0.4, 0.5) is 8.78 Å². The van der Waals surface area contributed by atoms with Crippen LogP contribution in [0.5, 0.6) is 5.75 Å². The fourth-order valence-corrected chi connectivity index (χ4v) is 1.13. The van der Waals surface area contributed by atoms with Crippen molar-refractivity contribution in [2.45, 2.75) is 32.8 Å². The molecule has 1 aromatic carbocycles. The summed E-state index contributed by atoms with van der Waals surface area (Å²) in [5.41, 5.74) is 1.11. The van der Waals surface area contributed by atoms with Crippen molar-refractivity contribution in [3.05, 3.63) is 29.8 Å². The minimum absolute atomic E-state index is 0.196. The Labute approximate surface area is 82.7 Å². The predicted octanol–water partition coefficient (Wildman–Crippen LogP) is 3.80. The summed E-state index contributed by atoms with van der Waals surface area (Å²) in [6, 6.07) is 6.72. The van der Waals surface area contributed by atoms with Crippen LogP contribution in [-0.2, 0) is 0 Å². The smallest absolute Gasteiger partial charge is 0.394 e. The second kappa shape index (κ2) is 3.95. The maximum Gasteiger partial charge on any atom is 0.394 e. The summed E-state index contributed by atoms with van der Waals surface area (Å²) in [6.07, 6.45) is -3.11. The van der Waals surface area contributed by atoms with Crippen molar-refractivity contribution >= 4 is 0 Å². The number of hydrogen-bond donors (Lipinski definition) is 0. The summed E-state index contributed by atoms with van der Waals surface area (Å²) >= 11 is 0. The molecule has 0 saturated heterocycles. The SMILES string of the molecule is CC(C)c1ccc(OC(C)(F)F)cc1. The lowest BCUT2D eigenvalue weighted by atomic mass is 10.0. The van der Waals surface area contributed by atoms with Crippen molar-refractivity contribution in [1.82, 2.24) is 0 Å². The van der Waals surface area contributed by atoms with Crippen LogP contribution in [0.15, 0.2) is 24.3 Å². The maximum atomic E-state index is 12.4. The zero-order chi connectivity index (χ0) is 10.8. The van der Waals surface area contributed by atoms with E-state index in [0.29, 0.717) is 5.92 Å². The first-order valence-corrected chi connectivity index (χ1v) is 4.55. The van der Waals surface area contributed by atoms with E-state index in [-0.39, 0.29) is 5.75 Å². The Hall–Kier alpha value is -1.12. The molecule has 0 aliphatic rings. The summed E-state index contributed by atoms with van der Waals surface area (Å²) in [4.78, 5) is 0. The molecule has 0 atom stereocenters. The van der Waals surface area contributed by atoms with Gasteiger partial charge in [0.25, 0.3) is 0 Å². The number of benzene rings is 1. The quantitative estimate of drug-likeness (QED) is 0.721. The van der Waals surface area contributed by atoms with Crippen LogP contribution in [0.1, 0.15) is 32.3 Å². The zero-order valence-electron chi connectivity index (χ0n) is 8.55. The van der Waals surface area contributed by atoms with Gasteiger partial charge < -0.3 is 4.74 Å². The van der Waals surface area contributed by atoms with E-state index in [2.05, 4.69) is 4.74 Å². The zero-order valence-corrected chi connectivity index (χ0v) is 8.55. The first kappa shape index (κ1) is 11.0. The third-order valence-corrected chi connectivity index (χ3v) is 1.84. The van der Waals surface area contributed by atoms with Crippen LogP contribution in [-0.4, -0.2) is 6.11 Å². The fraction of sp³-hybridized carbons (Fsp3) is 0.455. The lowest BCUT2D eigenvalue weighted by Crippen LogP contribution is -2.18. The molecule has 0 bridgehead atoms. The summed E-state index contributed by atoms with van der Waals surface area (Å²) in [6.45, 7) is 4.82.